The second-order valence-corrected chi connectivity index (χ2v) is 5.77. The van der Waals surface area contributed by atoms with E-state index in [9.17, 15) is 20.0 Å². The van der Waals surface area contributed by atoms with Gasteiger partial charge in [0.1, 0.15) is 23.9 Å². The molecule has 1 aromatic carbocycles. The van der Waals surface area contributed by atoms with Crippen LogP contribution in [-0.4, -0.2) is 22.7 Å². The molecule has 2 N–H and O–H groups in total. The molecular formula is C17H16ClN3O4. The normalized spacial score (nSPS) is 10.3. The van der Waals surface area contributed by atoms with E-state index in [2.05, 4.69) is 5.32 Å². The van der Waals surface area contributed by atoms with Crippen LogP contribution in [0.1, 0.15) is 16.8 Å². The van der Waals surface area contributed by atoms with Crippen LogP contribution in [0, 0.1) is 18.3 Å². The topological polar surface area (TPSA) is 104 Å². The predicted molar refractivity (Wildman–Crippen MR) is 92.6 cm³/mol. The molecule has 2 aromatic rings. The average molecular weight is 362 g/mol. The van der Waals surface area contributed by atoms with Gasteiger partial charge < -0.3 is 19.7 Å². The number of pyridine rings is 1. The Morgan fingerprint density at radius 2 is 2.16 bits per heavy atom. The molecule has 8 heteroatoms. The fraction of sp³-hybridized carbons (Fsp3) is 0.235. The van der Waals surface area contributed by atoms with Crippen molar-refractivity contribution in [3.8, 4) is 11.8 Å². The minimum Gasteiger partial charge on any atom is -0.506 e. The number of nitriles is 1. The van der Waals surface area contributed by atoms with Gasteiger partial charge in [0.2, 0.25) is 5.91 Å². The lowest BCUT2D eigenvalue weighted by molar-refractivity contribution is -0.116. The number of amides is 1. The zero-order valence-electron chi connectivity index (χ0n) is 13.7. The van der Waals surface area contributed by atoms with E-state index in [-0.39, 0.29) is 30.2 Å². The number of halogens is 1. The van der Waals surface area contributed by atoms with Gasteiger partial charge in [-0.25, -0.2) is 0 Å². The van der Waals surface area contributed by atoms with Crippen LogP contribution in [0.3, 0.4) is 0 Å². The number of phenolic OH excluding ortho intramolecular Hbond substituents is 1. The summed E-state index contributed by atoms with van der Waals surface area (Å²) in [6, 6.07) is 7.75. The van der Waals surface area contributed by atoms with Crippen LogP contribution in [-0.2, 0) is 22.7 Å². The fourth-order valence-electron chi connectivity index (χ4n) is 2.36. The zero-order valence-corrected chi connectivity index (χ0v) is 14.4. The molecule has 0 radical (unpaired) electrons. The first-order chi connectivity index (χ1) is 11.9. The first kappa shape index (κ1) is 18.5. The maximum Gasteiger partial charge on any atom is 0.269 e. The molecule has 0 saturated heterocycles. The van der Waals surface area contributed by atoms with Gasteiger partial charge in [0, 0.05) is 29.5 Å². The predicted octanol–water partition coefficient (Wildman–Crippen LogP) is 2.17. The number of carbonyl (C=O) groups excluding carboxylic acids is 1. The van der Waals surface area contributed by atoms with Gasteiger partial charge in [-0.1, -0.05) is 11.6 Å². The van der Waals surface area contributed by atoms with Gasteiger partial charge in [-0.15, -0.1) is 0 Å². The minimum absolute atomic E-state index is 0.0606. The summed E-state index contributed by atoms with van der Waals surface area (Å²) >= 11 is 5.74. The first-order valence-electron chi connectivity index (χ1n) is 7.28. The van der Waals surface area contributed by atoms with E-state index in [0.717, 1.165) is 0 Å². The van der Waals surface area contributed by atoms with E-state index < -0.39 is 11.5 Å². The number of carbonyl (C=O) groups is 1. The quantitative estimate of drug-likeness (QED) is 0.794. The second kappa shape index (κ2) is 7.83. The van der Waals surface area contributed by atoms with Crippen molar-refractivity contribution >= 4 is 23.2 Å². The molecule has 7 nitrogen and oxygen atoms in total. The molecule has 1 amide bonds. The summed E-state index contributed by atoms with van der Waals surface area (Å²) < 4.78 is 6.18. The lowest BCUT2D eigenvalue weighted by Gasteiger charge is -2.13. The number of hydrogen-bond acceptors (Lipinski definition) is 5. The average Bonchev–Trinajstić information content (AvgIpc) is 2.54. The van der Waals surface area contributed by atoms with Crippen LogP contribution < -0.4 is 10.9 Å². The highest BCUT2D eigenvalue weighted by Gasteiger charge is 2.15. The zero-order chi connectivity index (χ0) is 18.6. The Balaban J connectivity index is 2.29. The number of aryl methyl sites for hydroxylation is 1. The summed E-state index contributed by atoms with van der Waals surface area (Å²) in [6.07, 6.45) is 0. The molecule has 1 aromatic heterocycles. The maximum atomic E-state index is 12.5. The third-order valence-corrected chi connectivity index (χ3v) is 3.77. The molecule has 0 bridgehead atoms. The molecule has 2 rings (SSSR count). The van der Waals surface area contributed by atoms with E-state index in [1.54, 1.807) is 13.0 Å². The Hall–Kier alpha value is -2.82. The van der Waals surface area contributed by atoms with Crippen molar-refractivity contribution in [3.05, 3.63) is 56.5 Å². The van der Waals surface area contributed by atoms with Crippen molar-refractivity contribution in [2.24, 2.45) is 0 Å². The van der Waals surface area contributed by atoms with Crippen LogP contribution in [0.15, 0.2) is 29.1 Å². The van der Waals surface area contributed by atoms with Crippen LogP contribution >= 0.6 is 11.6 Å². The van der Waals surface area contributed by atoms with Gasteiger partial charge in [0.25, 0.3) is 5.56 Å². The van der Waals surface area contributed by atoms with Crippen molar-refractivity contribution in [2.45, 2.75) is 20.1 Å². The monoisotopic (exact) mass is 361 g/mol. The molecule has 0 unspecified atom stereocenters. The number of rotatable bonds is 5. The van der Waals surface area contributed by atoms with E-state index in [0.29, 0.717) is 16.3 Å². The number of nitrogens with one attached hydrogen (secondary N) is 1. The number of benzene rings is 1. The third kappa shape index (κ3) is 4.18. The molecule has 130 valence electrons. The summed E-state index contributed by atoms with van der Waals surface area (Å²) in [6.45, 7) is 1.49. The highest BCUT2D eigenvalue weighted by Crippen LogP contribution is 2.26. The van der Waals surface area contributed by atoms with Crippen LogP contribution in [0.2, 0.25) is 5.02 Å². The van der Waals surface area contributed by atoms with Crippen molar-refractivity contribution in [3.63, 3.8) is 0 Å². The van der Waals surface area contributed by atoms with Crippen molar-refractivity contribution in [1.29, 1.82) is 5.26 Å². The van der Waals surface area contributed by atoms with Crippen LogP contribution in [0.4, 0.5) is 5.69 Å². The van der Waals surface area contributed by atoms with Crippen molar-refractivity contribution < 1.29 is 14.6 Å². The molecule has 25 heavy (non-hydrogen) atoms. The van der Waals surface area contributed by atoms with Gasteiger partial charge in [0.15, 0.2) is 0 Å². The Morgan fingerprint density at radius 1 is 1.44 bits per heavy atom. The van der Waals surface area contributed by atoms with Gasteiger partial charge in [-0.3, -0.25) is 9.59 Å². The maximum absolute atomic E-state index is 12.5. The lowest BCUT2D eigenvalue weighted by atomic mass is 10.1. The summed E-state index contributed by atoms with van der Waals surface area (Å²) in [7, 11) is 1.47. The van der Waals surface area contributed by atoms with Gasteiger partial charge in [-0.2, -0.15) is 5.26 Å². The number of nitrogens with zero attached hydrogens (tertiary/aromatic N) is 2. The number of methoxy groups -OCH3 is 1. The van der Waals surface area contributed by atoms with Gasteiger partial charge >= 0.3 is 0 Å². The second-order valence-electron chi connectivity index (χ2n) is 5.33. The molecule has 0 aliphatic rings. The standard InChI is InChI=1S/C17H16ClN3O4/c1-10-5-11(9-25-2)13(7-19)17(24)21(10)8-16(23)20-14-4-3-12(18)6-15(14)22/h3-6,22H,8-9H2,1-2H3,(H,20,23). The SMILES string of the molecule is COCc1cc(C)n(CC(=O)Nc2ccc(Cl)cc2O)c(=O)c1C#N. The summed E-state index contributed by atoms with van der Waals surface area (Å²) in [5, 5.41) is 21.8. The number of ether oxygens (including phenoxy) is 1. The Morgan fingerprint density at radius 3 is 2.76 bits per heavy atom. The number of phenols is 1. The third-order valence-electron chi connectivity index (χ3n) is 3.54. The Bertz CT molecular complexity index is 915. The number of aromatic hydroxyl groups is 1. The van der Waals surface area contributed by atoms with E-state index >= 15 is 0 Å². The van der Waals surface area contributed by atoms with Crippen molar-refractivity contribution in [1.82, 2.24) is 4.57 Å². The van der Waals surface area contributed by atoms with E-state index in [1.165, 1.54) is 29.9 Å². The van der Waals surface area contributed by atoms with E-state index in [1.807, 2.05) is 6.07 Å². The highest BCUT2D eigenvalue weighted by molar-refractivity contribution is 6.30. The molecule has 1 heterocycles. The molecule has 0 fully saturated rings. The molecule has 0 saturated carbocycles. The Labute approximate surface area is 149 Å². The lowest BCUT2D eigenvalue weighted by Crippen LogP contribution is -2.31. The number of hydrogen-bond donors (Lipinski definition) is 2. The molecule has 0 spiro atoms. The van der Waals surface area contributed by atoms with Crippen molar-refractivity contribution in [2.75, 3.05) is 12.4 Å². The summed E-state index contributed by atoms with van der Waals surface area (Å²) in [4.78, 5) is 24.7. The smallest absolute Gasteiger partial charge is 0.269 e. The number of aromatic nitrogens is 1. The summed E-state index contributed by atoms with van der Waals surface area (Å²) in [5.41, 5.74) is 0.544. The first-order valence-corrected chi connectivity index (χ1v) is 7.66. The molecule has 0 atom stereocenters. The van der Waals surface area contributed by atoms with E-state index in [4.69, 9.17) is 16.3 Å². The fourth-order valence-corrected chi connectivity index (χ4v) is 2.53. The highest BCUT2D eigenvalue weighted by atomic mass is 35.5. The minimum atomic E-state index is -0.565. The summed E-state index contributed by atoms with van der Waals surface area (Å²) in [5.74, 6) is -0.704. The van der Waals surface area contributed by atoms with Crippen LogP contribution in [0.25, 0.3) is 0 Å². The number of anilines is 1. The van der Waals surface area contributed by atoms with Gasteiger partial charge in [0.05, 0.1) is 12.3 Å². The van der Waals surface area contributed by atoms with Crippen LogP contribution in [0.5, 0.6) is 5.75 Å². The van der Waals surface area contributed by atoms with Gasteiger partial charge in [-0.05, 0) is 25.1 Å². The Kier molecular flexibility index (Phi) is 5.80. The largest absolute Gasteiger partial charge is 0.506 e. The molecular weight excluding hydrogens is 346 g/mol. The molecule has 0 aliphatic carbocycles. The molecule has 0 aliphatic heterocycles.